The van der Waals surface area contributed by atoms with Crippen molar-refractivity contribution in [1.29, 1.82) is 0 Å². The van der Waals surface area contributed by atoms with Gasteiger partial charge in [-0.3, -0.25) is 19.5 Å². The highest BCUT2D eigenvalue weighted by Gasteiger charge is 2.43. The highest BCUT2D eigenvalue weighted by atomic mass is 16.5. The van der Waals surface area contributed by atoms with Crippen LogP contribution in [0.25, 0.3) is 10.8 Å². The van der Waals surface area contributed by atoms with Crippen molar-refractivity contribution in [3.05, 3.63) is 77.6 Å². The molecule has 0 radical (unpaired) electrons. The lowest BCUT2D eigenvalue weighted by molar-refractivity contribution is -0.119. The lowest BCUT2D eigenvalue weighted by Gasteiger charge is -2.25. The molecule has 0 N–H and O–H groups in total. The van der Waals surface area contributed by atoms with Crippen molar-refractivity contribution in [2.45, 2.75) is 26.2 Å². The Kier molecular flexibility index (Phi) is 6.77. The molecule has 1 saturated heterocycles. The molecule has 2 aliphatic rings. The van der Waals surface area contributed by atoms with Gasteiger partial charge in [0, 0.05) is 48.8 Å². The number of carbonyl (C=O) groups excluding carboxylic acids is 2. The smallest absolute Gasteiger partial charge is 0.176 e. The normalized spacial score (nSPS) is 20.5. The van der Waals surface area contributed by atoms with Gasteiger partial charge in [0.2, 0.25) is 0 Å². The van der Waals surface area contributed by atoms with Gasteiger partial charge in [-0.05, 0) is 34.9 Å². The molecule has 0 bridgehead atoms. The Morgan fingerprint density at radius 2 is 1.78 bits per heavy atom. The molecule has 3 aromatic rings. The minimum absolute atomic E-state index is 0. The Morgan fingerprint density at radius 1 is 1.00 bits per heavy atom. The van der Waals surface area contributed by atoms with Crippen molar-refractivity contribution >= 4 is 22.3 Å². The fourth-order valence-corrected chi connectivity index (χ4v) is 4.46. The van der Waals surface area contributed by atoms with E-state index in [1.807, 2.05) is 48.7 Å². The molecule has 32 heavy (non-hydrogen) atoms. The van der Waals surface area contributed by atoms with E-state index in [4.69, 9.17) is 4.74 Å². The van der Waals surface area contributed by atoms with Crippen LogP contribution in [0.4, 0.5) is 0 Å². The molecule has 5 rings (SSSR count). The number of nitrogens with zero attached hydrogens (tertiary/aromatic N) is 2. The van der Waals surface area contributed by atoms with Gasteiger partial charge in [0.25, 0.3) is 0 Å². The minimum atomic E-state index is 0. The summed E-state index contributed by atoms with van der Waals surface area (Å²) >= 11 is 0. The molecule has 5 heteroatoms. The lowest BCUT2D eigenvalue weighted by atomic mass is 10.00. The zero-order chi connectivity index (χ0) is 21.2. The van der Waals surface area contributed by atoms with E-state index in [0.29, 0.717) is 32.0 Å². The Hall–Kier alpha value is -2.89. The summed E-state index contributed by atoms with van der Waals surface area (Å²) in [6.45, 7) is 3.45. The van der Waals surface area contributed by atoms with E-state index in [0.717, 1.165) is 47.0 Å². The predicted octanol–water partition coefficient (Wildman–Crippen LogP) is 4.30. The molecule has 0 spiro atoms. The van der Waals surface area contributed by atoms with Gasteiger partial charge in [-0.25, -0.2) is 0 Å². The standard InChI is InChI=1S/C26H26N2O3.CH4/c29-25(14-18-1-2-22-16-27-8-7-21(22)13-18)24-15-23(24)19-3-5-20(6-4-19)26(30)17-28-9-11-31-12-10-28;/h1-8,13,16,23-24H,9-12,14-15,17H2;1H4/t23-,24+;/m0./s1. The molecule has 5 nitrogen and oxygen atoms in total. The van der Waals surface area contributed by atoms with Gasteiger partial charge in [0.1, 0.15) is 5.78 Å². The van der Waals surface area contributed by atoms with Crippen molar-refractivity contribution in [2.24, 2.45) is 5.92 Å². The summed E-state index contributed by atoms with van der Waals surface area (Å²) < 4.78 is 5.34. The topological polar surface area (TPSA) is 59.5 Å². The number of ketones is 2. The minimum Gasteiger partial charge on any atom is -0.379 e. The molecule has 0 unspecified atom stereocenters. The molecule has 2 fully saturated rings. The third kappa shape index (κ3) is 4.95. The fourth-order valence-electron chi connectivity index (χ4n) is 4.46. The maximum Gasteiger partial charge on any atom is 0.176 e. The zero-order valence-corrected chi connectivity index (χ0v) is 17.5. The SMILES string of the molecule is C.O=C(CN1CCOCC1)c1ccc([C@@H]2C[C@H]2C(=O)Cc2ccc3cnccc3c2)cc1. The van der Waals surface area contributed by atoms with Crippen molar-refractivity contribution in [1.82, 2.24) is 9.88 Å². The Bertz CT molecular complexity index is 1100. The van der Waals surface area contributed by atoms with Gasteiger partial charge in [-0.1, -0.05) is 49.9 Å². The molecule has 0 amide bonds. The van der Waals surface area contributed by atoms with Crippen LogP contribution in [0.3, 0.4) is 0 Å². The van der Waals surface area contributed by atoms with E-state index >= 15 is 0 Å². The second-order valence-electron chi connectivity index (χ2n) is 8.58. The molecule has 166 valence electrons. The van der Waals surface area contributed by atoms with Crippen LogP contribution in [0.15, 0.2) is 60.9 Å². The second-order valence-corrected chi connectivity index (χ2v) is 8.58. The molecule has 2 heterocycles. The average Bonchev–Trinajstić information content (AvgIpc) is 3.61. The van der Waals surface area contributed by atoms with Gasteiger partial charge in [-0.15, -0.1) is 0 Å². The van der Waals surface area contributed by atoms with E-state index in [-0.39, 0.29) is 25.0 Å². The number of carbonyl (C=O) groups is 2. The highest BCUT2D eigenvalue weighted by Crippen LogP contribution is 2.48. The molecular formula is C27H30N2O3. The highest BCUT2D eigenvalue weighted by molar-refractivity contribution is 5.97. The van der Waals surface area contributed by atoms with Crippen LogP contribution < -0.4 is 0 Å². The summed E-state index contributed by atoms with van der Waals surface area (Å²) in [6.07, 6.45) is 4.99. The van der Waals surface area contributed by atoms with Gasteiger partial charge in [-0.2, -0.15) is 0 Å². The van der Waals surface area contributed by atoms with E-state index in [1.165, 1.54) is 0 Å². The maximum atomic E-state index is 12.8. The number of fused-ring (bicyclic) bond motifs is 1. The summed E-state index contributed by atoms with van der Waals surface area (Å²) in [4.78, 5) is 31.6. The van der Waals surface area contributed by atoms with Crippen molar-refractivity contribution in [3.8, 4) is 0 Å². The number of rotatable bonds is 7. The molecular weight excluding hydrogens is 400 g/mol. The number of morpholine rings is 1. The maximum absolute atomic E-state index is 12.8. The van der Waals surface area contributed by atoms with Gasteiger partial charge in [0.15, 0.2) is 5.78 Å². The summed E-state index contributed by atoms with van der Waals surface area (Å²) in [5.74, 6) is 0.804. The molecule has 2 atom stereocenters. The van der Waals surface area contributed by atoms with Gasteiger partial charge in [0.05, 0.1) is 19.8 Å². The molecule has 1 aromatic heterocycles. The van der Waals surface area contributed by atoms with Crippen LogP contribution in [0.5, 0.6) is 0 Å². The number of hydrogen-bond acceptors (Lipinski definition) is 5. The van der Waals surface area contributed by atoms with E-state index in [1.54, 1.807) is 6.20 Å². The van der Waals surface area contributed by atoms with E-state index in [2.05, 4.69) is 16.0 Å². The second kappa shape index (κ2) is 9.72. The third-order valence-electron chi connectivity index (χ3n) is 6.42. The van der Waals surface area contributed by atoms with Crippen LogP contribution in [0.2, 0.25) is 0 Å². The number of benzene rings is 2. The van der Waals surface area contributed by atoms with Crippen LogP contribution in [0, 0.1) is 5.92 Å². The Morgan fingerprint density at radius 3 is 2.56 bits per heavy atom. The number of ether oxygens (including phenoxy) is 1. The van der Waals surface area contributed by atoms with Crippen LogP contribution in [-0.4, -0.2) is 54.3 Å². The molecule has 2 aromatic carbocycles. The summed E-state index contributed by atoms with van der Waals surface area (Å²) in [7, 11) is 0. The van der Waals surface area contributed by atoms with Crippen LogP contribution >= 0.6 is 0 Å². The first-order chi connectivity index (χ1) is 15.2. The van der Waals surface area contributed by atoms with Crippen molar-refractivity contribution < 1.29 is 14.3 Å². The summed E-state index contributed by atoms with van der Waals surface area (Å²) in [6, 6.07) is 16.0. The van der Waals surface area contributed by atoms with E-state index in [9.17, 15) is 9.59 Å². The zero-order valence-electron chi connectivity index (χ0n) is 17.5. The monoisotopic (exact) mass is 430 g/mol. The predicted molar refractivity (Wildman–Crippen MR) is 126 cm³/mol. The molecule has 1 aliphatic heterocycles. The summed E-state index contributed by atoms with van der Waals surface area (Å²) in [5, 5.41) is 2.20. The van der Waals surface area contributed by atoms with Crippen LogP contribution in [-0.2, 0) is 16.0 Å². The Balaban J connectivity index is 0.00000245. The van der Waals surface area contributed by atoms with Gasteiger partial charge < -0.3 is 4.74 Å². The first-order valence-electron chi connectivity index (χ1n) is 11.0. The Labute approximate surface area is 189 Å². The molecule has 1 saturated carbocycles. The number of pyridine rings is 1. The number of hydrogen-bond donors (Lipinski definition) is 0. The quantitative estimate of drug-likeness (QED) is 0.523. The largest absolute Gasteiger partial charge is 0.379 e. The van der Waals surface area contributed by atoms with Crippen molar-refractivity contribution in [2.75, 3.05) is 32.8 Å². The number of Topliss-reactive ketones (excluding diaryl/α,β-unsaturated/α-hetero) is 2. The fraction of sp³-hybridized carbons (Fsp3) is 0.370. The molecule has 1 aliphatic carbocycles. The van der Waals surface area contributed by atoms with Gasteiger partial charge >= 0.3 is 0 Å². The first-order valence-corrected chi connectivity index (χ1v) is 11.0. The summed E-state index contributed by atoms with van der Waals surface area (Å²) in [5.41, 5.74) is 2.95. The first kappa shape index (κ1) is 22.3. The van der Waals surface area contributed by atoms with Crippen molar-refractivity contribution in [3.63, 3.8) is 0 Å². The van der Waals surface area contributed by atoms with Crippen LogP contribution in [0.1, 0.15) is 41.3 Å². The van der Waals surface area contributed by atoms with E-state index < -0.39 is 0 Å². The lowest BCUT2D eigenvalue weighted by Crippen LogP contribution is -2.39. The average molecular weight is 431 g/mol. The third-order valence-corrected chi connectivity index (χ3v) is 6.42. The number of aromatic nitrogens is 1.